The van der Waals surface area contributed by atoms with Gasteiger partial charge < -0.3 is 0 Å². The molecule has 4 atom stereocenters. The van der Waals surface area contributed by atoms with Crippen molar-refractivity contribution in [1.29, 1.82) is 0 Å². The van der Waals surface area contributed by atoms with Crippen molar-refractivity contribution in [1.82, 2.24) is 4.98 Å². The molecular weight excluding hydrogens is 182 g/mol. The van der Waals surface area contributed by atoms with Crippen LogP contribution in [0.15, 0.2) is 18.3 Å². The second kappa shape index (κ2) is 3.33. The van der Waals surface area contributed by atoms with Crippen LogP contribution in [0.2, 0.25) is 0 Å². The number of nitrogens with zero attached hydrogens (tertiary/aromatic N) is 1. The molecule has 1 heterocycles. The maximum absolute atomic E-state index is 4.29. The fourth-order valence-electron chi connectivity index (χ4n) is 3.88. The van der Waals surface area contributed by atoms with E-state index in [0.717, 1.165) is 23.7 Å². The van der Waals surface area contributed by atoms with E-state index < -0.39 is 0 Å². The number of fused-ring (bicyclic) bond motifs is 2. The average Bonchev–Trinajstić information content (AvgIpc) is 2.76. The van der Waals surface area contributed by atoms with Gasteiger partial charge in [-0.1, -0.05) is 6.92 Å². The lowest BCUT2D eigenvalue weighted by Crippen LogP contribution is -2.16. The minimum Gasteiger partial charge on any atom is -0.262 e. The van der Waals surface area contributed by atoms with Crippen molar-refractivity contribution in [3.05, 3.63) is 29.6 Å². The third kappa shape index (κ3) is 1.49. The van der Waals surface area contributed by atoms with Gasteiger partial charge in [0.15, 0.2) is 0 Å². The fourth-order valence-corrected chi connectivity index (χ4v) is 3.88. The first-order valence-electron chi connectivity index (χ1n) is 6.16. The van der Waals surface area contributed by atoms with Crippen molar-refractivity contribution in [2.75, 3.05) is 0 Å². The van der Waals surface area contributed by atoms with Gasteiger partial charge in [0.1, 0.15) is 0 Å². The zero-order valence-corrected chi connectivity index (χ0v) is 9.61. The molecule has 2 aliphatic rings. The van der Waals surface area contributed by atoms with Crippen molar-refractivity contribution < 1.29 is 0 Å². The van der Waals surface area contributed by atoms with Gasteiger partial charge >= 0.3 is 0 Å². The van der Waals surface area contributed by atoms with E-state index in [1.807, 2.05) is 6.20 Å². The van der Waals surface area contributed by atoms with Crippen LogP contribution in [0.5, 0.6) is 0 Å². The number of hydrogen-bond acceptors (Lipinski definition) is 1. The predicted molar refractivity (Wildman–Crippen MR) is 61.7 cm³/mol. The van der Waals surface area contributed by atoms with Gasteiger partial charge in [0.2, 0.25) is 0 Å². The Labute approximate surface area is 91.9 Å². The van der Waals surface area contributed by atoms with Gasteiger partial charge in [0.05, 0.1) is 0 Å². The van der Waals surface area contributed by atoms with E-state index in [4.69, 9.17) is 0 Å². The fraction of sp³-hybridized carbons (Fsp3) is 0.643. The smallest absolute Gasteiger partial charge is 0.0375 e. The lowest BCUT2D eigenvalue weighted by molar-refractivity contribution is 0.317. The topological polar surface area (TPSA) is 12.9 Å². The Morgan fingerprint density at radius 3 is 2.80 bits per heavy atom. The quantitative estimate of drug-likeness (QED) is 0.677. The van der Waals surface area contributed by atoms with Gasteiger partial charge in [-0.05, 0) is 67.6 Å². The molecule has 80 valence electrons. The maximum atomic E-state index is 4.29. The Hall–Kier alpha value is -0.850. The van der Waals surface area contributed by atoms with Crippen molar-refractivity contribution >= 4 is 0 Å². The molecule has 0 saturated heterocycles. The molecule has 0 amide bonds. The van der Waals surface area contributed by atoms with E-state index in [1.54, 1.807) is 5.56 Å². The van der Waals surface area contributed by atoms with Crippen LogP contribution in [0.1, 0.15) is 43.4 Å². The summed E-state index contributed by atoms with van der Waals surface area (Å²) in [6.07, 6.45) is 6.36. The molecule has 1 nitrogen and oxygen atoms in total. The van der Waals surface area contributed by atoms with E-state index in [9.17, 15) is 0 Å². The molecule has 1 heteroatoms. The summed E-state index contributed by atoms with van der Waals surface area (Å²) in [4.78, 5) is 4.29. The number of aryl methyl sites for hydroxylation is 1. The molecule has 0 aromatic carbocycles. The van der Waals surface area contributed by atoms with Gasteiger partial charge in [-0.25, -0.2) is 0 Å². The summed E-state index contributed by atoms with van der Waals surface area (Å²) < 4.78 is 0. The van der Waals surface area contributed by atoms with Crippen LogP contribution in [0.3, 0.4) is 0 Å². The highest BCUT2D eigenvalue weighted by Crippen LogP contribution is 2.55. The molecule has 2 fully saturated rings. The standard InChI is InChI=1S/C14H19N/c1-9-5-11-7-13(9)14(8-11)12-3-4-15-10(2)6-12/h3-4,6,9,11,13-14H,5,7-8H2,1-2H3. The zero-order valence-electron chi connectivity index (χ0n) is 9.61. The lowest BCUT2D eigenvalue weighted by Gasteiger charge is -2.27. The van der Waals surface area contributed by atoms with Crippen LogP contribution in [-0.4, -0.2) is 4.98 Å². The Bertz CT molecular complexity index is 371. The summed E-state index contributed by atoms with van der Waals surface area (Å²) in [5.74, 6) is 3.75. The molecule has 1 aromatic rings. The second-order valence-corrected chi connectivity index (χ2v) is 5.55. The third-order valence-corrected chi connectivity index (χ3v) is 4.49. The molecule has 2 saturated carbocycles. The Kier molecular flexibility index (Phi) is 2.08. The summed E-state index contributed by atoms with van der Waals surface area (Å²) >= 11 is 0. The summed E-state index contributed by atoms with van der Waals surface area (Å²) in [7, 11) is 0. The van der Waals surface area contributed by atoms with Crippen LogP contribution in [0.25, 0.3) is 0 Å². The number of aromatic nitrogens is 1. The van der Waals surface area contributed by atoms with Crippen molar-refractivity contribution in [2.24, 2.45) is 17.8 Å². The molecule has 3 rings (SSSR count). The molecular formula is C14H19N. The molecule has 15 heavy (non-hydrogen) atoms. The summed E-state index contributed by atoms with van der Waals surface area (Å²) in [5, 5.41) is 0. The Balaban J connectivity index is 1.90. The second-order valence-electron chi connectivity index (χ2n) is 5.55. The highest BCUT2D eigenvalue weighted by molar-refractivity contribution is 5.23. The van der Waals surface area contributed by atoms with Crippen LogP contribution < -0.4 is 0 Å². The van der Waals surface area contributed by atoms with Gasteiger partial charge in [0, 0.05) is 11.9 Å². The van der Waals surface area contributed by atoms with Crippen LogP contribution in [-0.2, 0) is 0 Å². The average molecular weight is 201 g/mol. The van der Waals surface area contributed by atoms with E-state index in [-0.39, 0.29) is 0 Å². The zero-order chi connectivity index (χ0) is 10.4. The first-order valence-corrected chi connectivity index (χ1v) is 6.16. The van der Waals surface area contributed by atoms with Crippen molar-refractivity contribution in [3.8, 4) is 0 Å². The van der Waals surface area contributed by atoms with E-state index >= 15 is 0 Å². The van der Waals surface area contributed by atoms with Crippen molar-refractivity contribution in [2.45, 2.75) is 39.0 Å². The SMILES string of the molecule is Cc1cc(C2CC3CC(C)C2C3)ccn1. The molecule has 2 aliphatic carbocycles. The molecule has 2 bridgehead atoms. The van der Waals surface area contributed by atoms with E-state index in [0.29, 0.717) is 0 Å². The minimum absolute atomic E-state index is 0.834. The number of hydrogen-bond donors (Lipinski definition) is 0. The molecule has 1 aromatic heterocycles. The molecule has 0 aliphatic heterocycles. The van der Waals surface area contributed by atoms with Gasteiger partial charge in [-0.15, -0.1) is 0 Å². The maximum Gasteiger partial charge on any atom is 0.0375 e. The monoisotopic (exact) mass is 201 g/mol. The number of rotatable bonds is 1. The predicted octanol–water partition coefficient (Wildman–Crippen LogP) is 3.54. The molecule has 4 unspecified atom stereocenters. The molecule has 0 radical (unpaired) electrons. The summed E-state index contributed by atoms with van der Waals surface area (Å²) in [6, 6.07) is 4.52. The first kappa shape index (κ1) is 9.38. The third-order valence-electron chi connectivity index (χ3n) is 4.49. The van der Waals surface area contributed by atoms with E-state index in [1.165, 1.54) is 25.0 Å². The summed E-state index contributed by atoms with van der Waals surface area (Å²) in [5.41, 5.74) is 2.71. The first-order chi connectivity index (χ1) is 7.24. The normalized spacial score (nSPS) is 38.5. The van der Waals surface area contributed by atoms with Crippen LogP contribution in [0.4, 0.5) is 0 Å². The minimum atomic E-state index is 0.834. The van der Waals surface area contributed by atoms with Crippen LogP contribution >= 0.6 is 0 Å². The van der Waals surface area contributed by atoms with Crippen LogP contribution in [0, 0.1) is 24.7 Å². The largest absolute Gasteiger partial charge is 0.262 e. The highest BCUT2D eigenvalue weighted by Gasteiger charge is 2.44. The lowest BCUT2D eigenvalue weighted by atomic mass is 9.78. The number of pyridine rings is 1. The van der Waals surface area contributed by atoms with Gasteiger partial charge in [0.25, 0.3) is 0 Å². The van der Waals surface area contributed by atoms with Gasteiger partial charge in [-0.2, -0.15) is 0 Å². The Morgan fingerprint density at radius 1 is 1.27 bits per heavy atom. The summed E-state index contributed by atoms with van der Waals surface area (Å²) in [6.45, 7) is 4.53. The van der Waals surface area contributed by atoms with Crippen molar-refractivity contribution in [3.63, 3.8) is 0 Å². The molecule has 0 spiro atoms. The molecule has 0 N–H and O–H groups in total. The Morgan fingerprint density at radius 2 is 2.13 bits per heavy atom. The van der Waals surface area contributed by atoms with Gasteiger partial charge in [-0.3, -0.25) is 4.98 Å². The highest BCUT2D eigenvalue weighted by atomic mass is 14.7. The van der Waals surface area contributed by atoms with E-state index in [2.05, 4.69) is 31.0 Å².